The predicted octanol–water partition coefficient (Wildman–Crippen LogP) is 3.27. The number of hydrogen-bond acceptors (Lipinski definition) is 3. The van der Waals surface area contributed by atoms with E-state index >= 15 is 0 Å². The van der Waals surface area contributed by atoms with Crippen LogP contribution >= 0.6 is 12.2 Å². The van der Waals surface area contributed by atoms with Gasteiger partial charge < -0.3 is 10.4 Å². The number of thiocarbonyl (C=S) groups is 1. The molecule has 0 aliphatic rings. The van der Waals surface area contributed by atoms with E-state index < -0.39 is 11.7 Å². The number of aryl methyl sites for hydroxylation is 2. The van der Waals surface area contributed by atoms with Crippen LogP contribution in [-0.2, 0) is 0 Å². The van der Waals surface area contributed by atoms with Crippen LogP contribution in [0, 0.1) is 19.7 Å². The maximum Gasteiger partial charge on any atom is 0.260 e. The number of carbonyl (C=O) groups is 1. The molecule has 0 spiro atoms. The lowest BCUT2D eigenvalue weighted by Gasteiger charge is -2.13. The number of carbonyl (C=O) groups excluding carboxylic acids is 1. The first kappa shape index (κ1) is 15.9. The molecule has 22 heavy (non-hydrogen) atoms. The van der Waals surface area contributed by atoms with E-state index in [9.17, 15) is 14.3 Å². The number of rotatable bonds is 2. The molecule has 2 aromatic carbocycles. The minimum absolute atomic E-state index is 0.0199. The van der Waals surface area contributed by atoms with Gasteiger partial charge in [-0.2, -0.15) is 0 Å². The number of halogens is 1. The fourth-order valence-electron chi connectivity index (χ4n) is 2.02. The highest BCUT2D eigenvalue weighted by molar-refractivity contribution is 7.80. The lowest BCUT2D eigenvalue weighted by Crippen LogP contribution is -2.34. The van der Waals surface area contributed by atoms with Gasteiger partial charge in [0.15, 0.2) is 5.11 Å². The van der Waals surface area contributed by atoms with Crippen LogP contribution in [0.3, 0.4) is 0 Å². The number of amides is 1. The molecule has 3 N–H and O–H groups in total. The van der Waals surface area contributed by atoms with Crippen LogP contribution in [0.5, 0.6) is 5.75 Å². The maximum atomic E-state index is 13.5. The van der Waals surface area contributed by atoms with E-state index in [-0.39, 0.29) is 16.4 Å². The Balaban J connectivity index is 2.11. The Kier molecular flexibility index (Phi) is 4.72. The fraction of sp³-hybridized carbons (Fsp3) is 0.125. The summed E-state index contributed by atoms with van der Waals surface area (Å²) in [5.41, 5.74) is 1.90. The standard InChI is InChI=1S/C16H15FN2O2S/c1-9-7-10(2)14(20)13(8-9)18-16(22)19-15(21)11-5-3-4-6-12(11)17/h3-8,20H,1-2H3,(H2,18,19,21,22). The first-order chi connectivity index (χ1) is 10.4. The van der Waals surface area contributed by atoms with Crippen molar-refractivity contribution in [1.82, 2.24) is 5.32 Å². The van der Waals surface area contributed by atoms with Crippen LogP contribution in [0.1, 0.15) is 21.5 Å². The van der Waals surface area contributed by atoms with Gasteiger partial charge >= 0.3 is 0 Å². The quantitative estimate of drug-likeness (QED) is 0.587. The Morgan fingerprint density at radius 2 is 1.91 bits per heavy atom. The minimum Gasteiger partial charge on any atom is -0.505 e. The first-order valence-corrected chi connectivity index (χ1v) is 6.96. The molecular weight excluding hydrogens is 303 g/mol. The van der Waals surface area contributed by atoms with Gasteiger partial charge in [-0.1, -0.05) is 18.2 Å². The Morgan fingerprint density at radius 1 is 1.23 bits per heavy atom. The molecule has 6 heteroatoms. The Morgan fingerprint density at radius 3 is 2.59 bits per heavy atom. The van der Waals surface area contributed by atoms with Crippen molar-refractivity contribution in [3.05, 3.63) is 58.9 Å². The van der Waals surface area contributed by atoms with Gasteiger partial charge in [-0.25, -0.2) is 4.39 Å². The number of hydrogen-bond donors (Lipinski definition) is 3. The summed E-state index contributed by atoms with van der Waals surface area (Å²) in [6.45, 7) is 3.63. The summed E-state index contributed by atoms with van der Waals surface area (Å²) in [4.78, 5) is 11.9. The van der Waals surface area contributed by atoms with Crippen LogP contribution in [-0.4, -0.2) is 16.1 Å². The average Bonchev–Trinajstić information content (AvgIpc) is 2.44. The van der Waals surface area contributed by atoms with E-state index in [1.807, 2.05) is 13.0 Å². The van der Waals surface area contributed by atoms with Crippen molar-refractivity contribution in [1.29, 1.82) is 0 Å². The summed E-state index contributed by atoms with van der Waals surface area (Å²) in [6.07, 6.45) is 0. The third-order valence-corrected chi connectivity index (χ3v) is 3.24. The van der Waals surface area contributed by atoms with Crippen LogP contribution < -0.4 is 10.6 Å². The predicted molar refractivity (Wildman–Crippen MR) is 87.7 cm³/mol. The molecule has 4 nitrogen and oxygen atoms in total. The molecule has 0 heterocycles. The Hall–Kier alpha value is -2.47. The molecule has 0 radical (unpaired) electrons. The van der Waals surface area contributed by atoms with Crippen molar-refractivity contribution in [3.63, 3.8) is 0 Å². The largest absolute Gasteiger partial charge is 0.505 e. The smallest absolute Gasteiger partial charge is 0.260 e. The van der Waals surface area contributed by atoms with Crippen LogP contribution in [0.15, 0.2) is 36.4 Å². The molecule has 0 unspecified atom stereocenters. The Bertz CT molecular complexity index is 747. The van der Waals surface area contributed by atoms with Gasteiger partial charge in [0.1, 0.15) is 11.6 Å². The average molecular weight is 318 g/mol. The monoisotopic (exact) mass is 318 g/mol. The van der Waals surface area contributed by atoms with Crippen LogP contribution in [0.25, 0.3) is 0 Å². The van der Waals surface area contributed by atoms with Gasteiger partial charge in [0.05, 0.1) is 11.3 Å². The second-order valence-corrected chi connectivity index (χ2v) is 5.27. The summed E-state index contributed by atoms with van der Waals surface area (Å²) in [5, 5.41) is 15.1. The topological polar surface area (TPSA) is 61.4 Å². The van der Waals surface area contributed by atoms with Gasteiger partial charge in [-0.15, -0.1) is 0 Å². The van der Waals surface area contributed by atoms with Crippen molar-refractivity contribution >= 4 is 28.9 Å². The minimum atomic E-state index is -0.653. The number of aromatic hydroxyl groups is 1. The first-order valence-electron chi connectivity index (χ1n) is 6.55. The lowest BCUT2D eigenvalue weighted by atomic mass is 10.1. The fourth-order valence-corrected chi connectivity index (χ4v) is 2.23. The van der Waals surface area contributed by atoms with Gasteiger partial charge in [-0.05, 0) is 55.4 Å². The van der Waals surface area contributed by atoms with Crippen molar-refractivity contribution in [2.24, 2.45) is 0 Å². The number of nitrogens with one attached hydrogen (secondary N) is 2. The maximum absolute atomic E-state index is 13.5. The van der Waals surface area contributed by atoms with Crippen molar-refractivity contribution in [2.75, 3.05) is 5.32 Å². The molecule has 0 aromatic heterocycles. The molecular formula is C16H15FN2O2S. The van der Waals surface area contributed by atoms with Gasteiger partial charge in [0.25, 0.3) is 5.91 Å². The second kappa shape index (κ2) is 6.53. The van der Waals surface area contributed by atoms with Crippen molar-refractivity contribution in [3.8, 4) is 5.75 Å². The molecule has 2 aromatic rings. The molecule has 0 aliphatic heterocycles. The summed E-state index contributed by atoms with van der Waals surface area (Å²) < 4.78 is 13.5. The van der Waals surface area contributed by atoms with Gasteiger partial charge in [0.2, 0.25) is 0 Å². The number of anilines is 1. The SMILES string of the molecule is Cc1cc(C)c(O)c(NC(=S)NC(=O)c2ccccc2F)c1. The number of phenolic OH excluding ortho intramolecular Hbond substituents is 1. The lowest BCUT2D eigenvalue weighted by molar-refractivity contribution is 0.0974. The molecule has 0 atom stereocenters. The third kappa shape index (κ3) is 3.59. The van der Waals surface area contributed by atoms with E-state index in [0.29, 0.717) is 11.3 Å². The highest BCUT2D eigenvalue weighted by atomic mass is 32.1. The van der Waals surface area contributed by atoms with Crippen molar-refractivity contribution < 1.29 is 14.3 Å². The molecule has 114 valence electrons. The van der Waals surface area contributed by atoms with E-state index in [1.54, 1.807) is 19.1 Å². The zero-order chi connectivity index (χ0) is 16.3. The van der Waals surface area contributed by atoms with Gasteiger partial charge in [-0.3, -0.25) is 10.1 Å². The summed E-state index contributed by atoms with van der Waals surface area (Å²) in [5.74, 6) is -1.23. The summed E-state index contributed by atoms with van der Waals surface area (Å²) in [7, 11) is 0. The van der Waals surface area contributed by atoms with E-state index in [4.69, 9.17) is 12.2 Å². The summed E-state index contributed by atoms with van der Waals surface area (Å²) in [6, 6.07) is 9.13. The highest BCUT2D eigenvalue weighted by Gasteiger charge is 2.13. The Labute approximate surface area is 133 Å². The van der Waals surface area contributed by atoms with E-state index in [1.165, 1.54) is 18.2 Å². The van der Waals surface area contributed by atoms with Crippen LogP contribution in [0.4, 0.5) is 10.1 Å². The molecule has 0 bridgehead atoms. The van der Waals surface area contributed by atoms with Gasteiger partial charge in [0, 0.05) is 0 Å². The highest BCUT2D eigenvalue weighted by Crippen LogP contribution is 2.28. The second-order valence-electron chi connectivity index (χ2n) is 4.87. The molecule has 0 saturated carbocycles. The number of benzene rings is 2. The zero-order valence-corrected chi connectivity index (χ0v) is 12.9. The zero-order valence-electron chi connectivity index (χ0n) is 12.1. The molecule has 1 amide bonds. The molecule has 0 fully saturated rings. The van der Waals surface area contributed by atoms with Crippen LogP contribution in [0.2, 0.25) is 0 Å². The molecule has 0 aliphatic carbocycles. The summed E-state index contributed by atoms with van der Waals surface area (Å²) >= 11 is 5.03. The van der Waals surface area contributed by atoms with E-state index in [0.717, 1.165) is 5.56 Å². The third-order valence-electron chi connectivity index (χ3n) is 3.04. The van der Waals surface area contributed by atoms with E-state index in [2.05, 4.69) is 10.6 Å². The normalized spacial score (nSPS) is 10.1. The molecule has 2 rings (SSSR count). The number of phenols is 1. The van der Waals surface area contributed by atoms with Crippen molar-refractivity contribution in [2.45, 2.75) is 13.8 Å². The molecule has 0 saturated heterocycles.